The smallest absolute Gasteiger partial charge is 0.340 e. The van der Waals surface area contributed by atoms with Gasteiger partial charge in [0, 0.05) is 12.6 Å². The van der Waals surface area contributed by atoms with Crippen LogP contribution < -0.4 is 16.4 Å². The van der Waals surface area contributed by atoms with E-state index in [4.69, 9.17) is 5.73 Å². The molecule has 1 aromatic rings. The summed E-state index contributed by atoms with van der Waals surface area (Å²) in [7, 11) is 1.25. The van der Waals surface area contributed by atoms with E-state index in [1.54, 1.807) is 0 Å². The molecular formula is C12H14N4O4. The van der Waals surface area contributed by atoms with Gasteiger partial charge in [-0.1, -0.05) is 0 Å². The number of hydrogen-bond donors (Lipinski definition) is 3. The van der Waals surface area contributed by atoms with Crippen molar-refractivity contribution < 1.29 is 19.1 Å². The molecule has 8 nitrogen and oxygen atoms in total. The van der Waals surface area contributed by atoms with E-state index in [2.05, 4.69) is 20.4 Å². The van der Waals surface area contributed by atoms with Crippen molar-refractivity contribution in [2.75, 3.05) is 18.2 Å². The van der Waals surface area contributed by atoms with Crippen LogP contribution in [0.4, 0.5) is 11.5 Å². The molecule has 2 amide bonds. The van der Waals surface area contributed by atoms with Crippen LogP contribution in [0.2, 0.25) is 0 Å². The minimum atomic E-state index is -0.615. The van der Waals surface area contributed by atoms with Crippen LogP contribution in [0.1, 0.15) is 23.2 Å². The summed E-state index contributed by atoms with van der Waals surface area (Å²) >= 11 is 0. The zero-order chi connectivity index (χ0) is 14.7. The highest BCUT2D eigenvalue weighted by Crippen LogP contribution is 2.22. The fourth-order valence-electron chi connectivity index (χ4n) is 1.87. The minimum absolute atomic E-state index is 0.101. The topological polar surface area (TPSA) is 123 Å². The Kier molecular flexibility index (Phi) is 3.83. The molecule has 0 saturated carbocycles. The predicted octanol–water partition coefficient (Wildman–Crippen LogP) is -0.333. The lowest BCUT2D eigenvalue weighted by Gasteiger charge is -2.23. The molecule has 4 N–H and O–H groups in total. The number of imide groups is 1. The number of nitrogens with one attached hydrogen (secondary N) is 2. The normalized spacial score (nSPS) is 18.4. The number of nitrogens with two attached hydrogens (primary N) is 1. The number of aromatic nitrogens is 1. The largest absolute Gasteiger partial charge is 0.465 e. The number of pyridine rings is 1. The molecule has 1 atom stereocenters. The van der Waals surface area contributed by atoms with E-state index in [0.717, 1.165) is 0 Å². The van der Waals surface area contributed by atoms with Crippen molar-refractivity contribution in [3.05, 3.63) is 17.8 Å². The number of rotatable bonds is 3. The second-order valence-corrected chi connectivity index (χ2v) is 4.26. The molecule has 20 heavy (non-hydrogen) atoms. The standard InChI is InChI=1S/C12H14N4O4/c1-20-12(19)6-4-5-14-10(9(6)13)15-7-2-3-8(17)16-11(7)18/h4-5,7H,2-3,13H2,1H3,(H,14,15)(H,16,17,18). The first-order chi connectivity index (χ1) is 9.52. The molecule has 1 saturated heterocycles. The van der Waals surface area contributed by atoms with Crippen molar-refractivity contribution in [1.82, 2.24) is 10.3 Å². The van der Waals surface area contributed by atoms with Gasteiger partial charge in [-0.2, -0.15) is 0 Å². The van der Waals surface area contributed by atoms with E-state index >= 15 is 0 Å². The summed E-state index contributed by atoms with van der Waals surface area (Å²) in [4.78, 5) is 38.2. The molecule has 8 heteroatoms. The number of anilines is 2. The van der Waals surface area contributed by atoms with Crippen LogP contribution in [-0.2, 0) is 14.3 Å². The summed E-state index contributed by atoms with van der Waals surface area (Å²) in [6.45, 7) is 0. The summed E-state index contributed by atoms with van der Waals surface area (Å²) in [5.41, 5.74) is 6.09. The van der Waals surface area contributed by atoms with Crippen LogP contribution in [0.15, 0.2) is 12.3 Å². The molecule has 0 aliphatic carbocycles. The SMILES string of the molecule is COC(=O)c1ccnc(NC2CCC(=O)NC2=O)c1N. The second-order valence-electron chi connectivity index (χ2n) is 4.26. The first kappa shape index (κ1) is 13.8. The molecule has 0 aromatic carbocycles. The zero-order valence-corrected chi connectivity index (χ0v) is 10.8. The highest BCUT2D eigenvalue weighted by molar-refractivity contribution is 6.02. The number of esters is 1. The third-order valence-electron chi connectivity index (χ3n) is 2.95. The maximum Gasteiger partial charge on any atom is 0.340 e. The van der Waals surface area contributed by atoms with E-state index in [-0.39, 0.29) is 29.4 Å². The van der Waals surface area contributed by atoms with Gasteiger partial charge < -0.3 is 15.8 Å². The Hall–Kier alpha value is -2.64. The van der Waals surface area contributed by atoms with Gasteiger partial charge in [0.05, 0.1) is 18.4 Å². The third-order valence-corrected chi connectivity index (χ3v) is 2.95. The van der Waals surface area contributed by atoms with Crippen LogP contribution in [0.3, 0.4) is 0 Å². The van der Waals surface area contributed by atoms with Gasteiger partial charge in [0.2, 0.25) is 11.8 Å². The maximum atomic E-state index is 11.6. The molecule has 1 aliphatic heterocycles. The molecular weight excluding hydrogens is 264 g/mol. The monoisotopic (exact) mass is 278 g/mol. The Morgan fingerprint density at radius 2 is 2.30 bits per heavy atom. The number of nitrogen functional groups attached to an aromatic ring is 1. The fourth-order valence-corrected chi connectivity index (χ4v) is 1.87. The molecule has 0 spiro atoms. The molecule has 1 unspecified atom stereocenters. The average molecular weight is 278 g/mol. The van der Waals surface area contributed by atoms with Crippen LogP contribution in [0.5, 0.6) is 0 Å². The second kappa shape index (κ2) is 5.55. The van der Waals surface area contributed by atoms with Gasteiger partial charge in [0.1, 0.15) is 6.04 Å². The maximum absolute atomic E-state index is 11.6. The summed E-state index contributed by atoms with van der Waals surface area (Å²) in [5.74, 6) is -1.12. The number of piperidine rings is 1. The van der Waals surface area contributed by atoms with Crippen LogP contribution in [-0.4, -0.2) is 35.9 Å². The number of hydrogen-bond acceptors (Lipinski definition) is 7. The summed E-state index contributed by atoms with van der Waals surface area (Å²) in [6.07, 6.45) is 1.96. The molecule has 0 radical (unpaired) electrons. The molecule has 1 fully saturated rings. The molecule has 2 rings (SSSR count). The van der Waals surface area contributed by atoms with Crippen molar-refractivity contribution in [1.29, 1.82) is 0 Å². The van der Waals surface area contributed by atoms with E-state index in [1.807, 2.05) is 0 Å². The van der Waals surface area contributed by atoms with Crippen LogP contribution in [0, 0.1) is 0 Å². The Bertz CT molecular complexity index is 573. The van der Waals surface area contributed by atoms with Gasteiger partial charge in [0.15, 0.2) is 5.82 Å². The Balaban J connectivity index is 2.20. The fraction of sp³-hybridized carbons (Fsp3) is 0.333. The predicted molar refractivity (Wildman–Crippen MR) is 69.8 cm³/mol. The van der Waals surface area contributed by atoms with Gasteiger partial charge in [-0.25, -0.2) is 9.78 Å². The van der Waals surface area contributed by atoms with Crippen LogP contribution >= 0.6 is 0 Å². The summed E-state index contributed by atoms with van der Waals surface area (Å²) in [6, 6.07) is 0.812. The summed E-state index contributed by atoms with van der Waals surface area (Å²) < 4.78 is 4.60. The number of carbonyl (C=O) groups is 3. The van der Waals surface area contributed by atoms with E-state index in [1.165, 1.54) is 19.4 Å². The Morgan fingerprint density at radius 1 is 1.55 bits per heavy atom. The summed E-state index contributed by atoms with van der Waals surface area (Å²) in [5, 5.41) is 5.05. The van der Waals surface area contributed by atoms with Crippen LogP contribution in [0.25, 0.3) is 0 Å². The molecule has 2 heterocycles. The number of ether oxygens (including phenoxy) is 1. The number of carbonyl (C=O) groups excluding carboxylic acids is 3. The average Bonchev–Trinajstić information content (AvgIpc) is 2.43. The lowest BCUT2D eigenvalue weighted by atomic mass is 10.1. The highest BCUT2D eigenvalue weighted by Gasteiger charge is 2.27. The van der Waals surface area contributed by atoms with E-state index < -0.39 is 17.9 Å². The quantitative estimate of drug-likeness (QED) is 0.510. The van der Waals surface area contributed by atoms with E-state index in [9.17, 15) is 14.4 Å². The van der Waals surface area contributed by atoms with Crippen molar-refractivity contribution >= 4 is 29.3 Å². The number of methoxy groups -OCH3 is 1. The van der Waals surface area contributed by atoms with Crippen molar-refractivity contribution in [3.8, 4) is 0 Å². The minimum Gasteiger partial charge on any atom is -0.465 e. The van der Waals surface area contributed by atoms with Crippen molar-refractivity contribution in [2.45, 2.75) is 18.9 Å². The molecule has 1 aliphatic rings. The number of nitrogens with zero attached hydrogens (tertiary/aromatic N) is 1. The molecule has 0 bridgehead atoms. The first-order valence-electron chi connectivity index (χ1n) is 5.96. The molecule has 106 valence electrons. The zero-order valence-electron chi connectivity index (χ0n) is 10.8. The van der Waals surface area contributed by atoms with Crippen molar-refractivity contribution in [2.24, 2.45) is 0 Å². The van der Waals surface area contributed by atoms with Gasteiger partial charge in [-0.05, 0) is 12.5 Å². The van der Waals surface area contributed by atoms with Crippen molar-refractivity contribution in [3.63, 3.8) is 0 Å². The Morgan fingerprint density at radius 3 is 2.95 bits per heavy atom. The lowest BCUT2D eigenvalue weighted by Crippen LogP contribution is -2.47. The van der Waals surface area contributed by atoms with E-state index in [0.29, 0.717) is 6.42 Å². The Labute approximate surface area is 114 Å². The lowest BCUT2D eigenvalue weighted by molar-refractivity contribution is -0.133. The third kappa shape index (κ3) is 2.68. The highest BCUT2D eigenvalue weighted by atomic mass is 16.5. The van der Waals surface area contributed by atoms with Gasteiger partial charge >= 0.3 is 5.97 Å². The number of amides is 2. The van der Waals surface area contributed by atoms with Gasteiger partial charge in [-0.15, -0.1) is 0 Å². The van der Waals surface area contributed by atoms with Gasteiger partial charge in [0.25, 0.3) is 0 Å². The van der Waals surface area contributed by atoms with Gasteiger partial charge in [-0.3, -0.25) is 14.9 Å². The first-order valence-corrected chi connectivity index (χ1v) is 5.96. The molecule has 1 aromatic heterocycles.